The standard InChI is InChI=1S/C19H14O4/c1-3-4-7-13-10-11-16-17(19(13)22-12(2)20)18(21)14-8-5-6-9-15(14)23-16/h5-6,8-11H,3H2,1-2H3. The molecule has 2 aromatic carbocycles. The Balaban J connectivity index is 2.45. The first-order valence-electron chi connectivity index (χ1n) is 7.27. The summed E-state index contributed by atoms with van der Waals surface area (Å²) in [7, 11) is 0. The van der Waals surface area contributed by atoms with E-state index in [1.165, 1.54) is 6.92 Å². The number of benzene rings is 2. The maximum atomic E-state index is 12.8. The van der Waals surface area contributed by atoms with Crippen LogP contribution in [-0.4, -0.2) is 5.97 Å². The van der Waals surface area contributed by atoms with Gasteiger partial charge in [-0.2, -0.15) is 0 Å². The highest BCUT2D eigenvalue weighted by molar-refractivity contribution is 5.95. The van der Waals surface area contributed by atoms with Gasteiger partial charge in [0, 0.05) is 13.3 Å². The molecular weight excluding hydrogens is 292 g/mol. The summed E-state index contributed by atoms with van der Waals surface area (Å²) in [6.07, 6.45) is 0.657. The largest absolute Gasteiger partial charge is 0.456 e. The first-order valence-corrected chi connectivity index (χ1v) is 7.27. The van der Waals surface area contributed by atoms with E-state index in [-0.39, 0.29) is 16.6 Å². The Labute approximate surface area is 132 Å². The average molecular weight is 306 g/mol. The normalized spacial score (nSPS) is 10.3. The molecule has 23 heavy (non-hydrogen) atoms. The molecule has 0 fully saturated rings. The molecule has 3 rings (SSSR count). The molecule has 0 spiro atoms. The van der Waals surface area contributed by atoms with E-state index >= 15 is 0 Å². The average Bonchev–Trinajstić information content (AvgIpc) is 2.53. The zero-order valence-corrected chi connectivity index (χ0v) is 12.8. The van der Waals surface area contributed by atoms with Gasteiger partial charge in [-0.3, -0.25) is 9.59 Å². The fraction of sp³-hybridized carbons (Fsp3) is 0.158. The lowest BCUT2D eigenvalue weighted by Gasteiger charge is -2.09. The van der Waals surface area contributed by atoms with E-state index in [2.05, 4.69) is 11.8 Å². The molecule has 0 amide bonds. The summed E-state index contributed by atoms with van der Waals surface area (Å²) in [6, 6.07) is 10.3. The Morgan fingerprint density at radius 1 is 1.17 bits per heavy atom. The zero-order valence-electron chi connectivity index (χ0n) is 12.8. The Morgan fingerprint density at radius 2 is 1.96 bits per heavy atom. The van der Waals surface area contributed by atoms with Crippen LogP contribution in [0.5, 0.6) is 5.75 Å². The third-order valence-electron chi connectivity index (χ3n) is 3.34. The fourth-order valence-electron chi connectivity index (χ4n) is 2.39. The second kappa shape index (κ2) is 5.98. The molecule has 0 atom stereocenters. The summed E-state index contributed by atoms with van der Waals surface area (Å²) in [6.45, 7) is 3.21. The lowest BCUT2D eigenvalue weighted by molar-refractivity contribution is -0.131. The number of hydrogen-bond acceptors (Lipinski definition) is 4. The molecule has 0 aliphatic carbocycles. The number of rotatable bonds is 1. The number of para-hydroxylation sites is 1. The summed E-state index contributed by atoms with van der Waals surface area (Å²) in [5.41, 5.74) is 1.12. The van der Waals surface area contributed by atoms with Gasteiger partial charge in [-0.15, -0.1) is 0 Å². The van der Waals surface area contributed by atoms with Crippen molar-refractivity contribution in [1.82, 2.24) is 0 Å². The van der Waals surface area contributed by atoms with E-state index in [4.69, 9.17) is 9.15 Å². The SMILES string of the molecule is CCC#Cc1ccc2oc3ccccc3c(=O)c2c1OC(C)=O. The minimum absolute atomic E-state index is 0.162. The summed E-state index contributed by atoms with van der Waals surface area (Å²) in [4.78, 5) is 24.3. The molecule has 0 unspecified atom stereocenters. The molecule has 4 heteroatoms. The molecule has 0 bridgehead atoms. The quantitative estimate of drug-likeness (QED) is 0.298. The minimum Gasteiger partial charge on any atom is -0.456 e. The molecule has 0 N–H and O–H groups in total. The molecule has 0 saturated carbocycles. The maximum absolute atomic E-state index is 12.8. The Hall–Kier alpha value is -3.06. The van der Waals surface area contributed by atoms with Crippen molar-refractivity contribution in [3.05, 3.63) is 52.2 Å². The Morgan fingerprint density at radius 3 is 2.70 bits per heavy atom. The van der Waals surface area contributed by atoms with E-state index in [1.54, 1.807) is 36.4 Å². The predicted molar refractivity (Wildman–Crippen MR) is 88.5 cm³/mol. The first-order chi connectivity index (χ1) is 11.1. The second-order valence-corrected chi connectivity index (χ2v) is 4.99. The topological polar surface area (TPSA) is 56.5 Å². The van der Waals surface area contributed by atoms with Crippen molar-refractivity contribution < 1.29 is 13.9 Å². The summed E-state index contributed by atoms with van der Waals surface area (Å²) in [5, 5.41) is 0.677. The van der Waals surface area contributed by atoms with Crippen LogP contribution >= 0.6 is 0 Å². The van der Waals surface area contributed by atoms with Gasteiger partial charge in [0.2, 0.25) is 5.43 Å². The van der Waals surface area contributed by atoms with Gasteiger partial charge in [0.15, 0.2) is 5.75 Å². The number of ether oxygens (including phenoxy) is 1. The summed E-state index contributed by atoms with van der Waals surface area (Å²) in [5.74, 6) is 5.51. The molecular formula is C19H14O4. The van der Waals surface area contributed by atoms with E-state index < -0.39 is 5.97 Å². The van der Waals surface area contributed by atoms with Crippen molar-refractivity contribution in [1.29, 1.82) is 0 Å². The molecule has 0 aliphatic rings. The highest BCUT2D eigenvalue weighted by Crippen LogP contribution is 2.29. The van der Waals surface area contributed by atoms with Crippen molar-refractivity contribution in [2.75, 3.05) is 0 Å². The van der Waals surface area contributed by atoms with Gasteiger partial charge in [-0.25, -0.2) is 0 Å². The van der Waals surface area contributed by atoms with Gasteiger partial charge < -0.3 is 9.15 Å². The van der Waals surface area contributed by atoms with Gasteiger partial charge >= 0.3 is 5.97 Å². The van der Waals surface area contributed by atoms with E-state index in [9.17, 15) is 9.59 Å². The number of carbonyl (C=O) groups is 1. The van der Waals surface area contributed by atoms with Gasteiger partial charge in [0.1, 0.15) is 16.6 Å². The van der Waals surface area contributed by atoms with Crippen molar-refractivity contribution in [3.8, 4) is 17.6 Å². The number of hydrogen-bond donors (Lipinski definition) is 0. The van der Waals surface area contributed by atoms with Crippen molar-refractivity contribution in [3.63, 3.8) is 0 Å². The van der Waals surface area contributed by atoms with E-state index in [0.29, 0.717) is 28.5 Å². The van der Waals surface area contributed by atoms with E-state index in [0.717, 1.165) is 0 Å². The molecule has 0 saturated heterocycles. The first kappa shape index (κ1) is 14.9. The highest BCUT2D eigenvalue weighted by Gasteiger charge is 2.17. The van der Waals surface area contributed by atoms with Crippen LogP contribution in [0.15, 0.2) is 45.6 Å². The van der Waals surface area contributed by atoms with Crippen LogP contribution in [-0.2, 0) is 4.79 Å². The second-order valence-electron chi connectivity index (χ2n) is 4.99. The van der Waals surface area contributed by atoms with Crippen molar-refractivity contribution in [2.24, 2.45) is 0 Å². The Bertz CT molecular complexity index is 1030. The van der Waals surface area contributed by atoms with Gasteiger partial charge in [-0.05, 0) is 24.3 Å². The molecule has 1 heterocycles. The van der Waals surface area contributed by atoms with Crippen LogP contribution < -0.4 is 10.2 Å². The van der Waals surface area contributed by atoms with Gasteiger partial charge in [0.05, 0.1) is 10.9 Å². The third-order valence-corrected chi connectivity index (χ3v) is 3.34. The Kier molecular flexibility index (Phi) is 3.86. The predicted octanol–water partition coefficient (Wildman–Crippen LogP) is 3.63. The molecule has 0 aliphatic heterocycles. The van der Waals surface area contributed by atoms with Crippen LogP contribution in [0.2, 0.25) is 0 Å². The zero-order chi connectivity index (χ0) is 16.4. The number of carbonyl (C=O) groups excluding carboxylic acids is 1. The monoisotopic (exact) mass is 306 g/mol. The molecule has 4 nitrogen and oxygen atoms in total. The van der Waals surface area contributed by atoms with Crippen molar-refractivity contribution >= 4 is 27.9 Å². The maximum Gasteiger partial charge on any atom is 0.308 e. The van der Waals surface area contributed by atoms with Crippen LogP contribution in [0.1, 0.15) is 25.8 Å². The smallest absolute Gasteiger partial charge is 0.308 e. The van der Waals surface area contributed by atoms with E-state index in [1.807, 2.05) is 6.92 Å². The van der Waals surface area contributed by atoms with Crippen LogP contribution in [0.3, 0.4) is 0 Å². The van der Waals surface area contributed by atoms with Crippen molar-refractivity contribution in [2.45, 2.75) is 20.3 Å². The fourth-order valence-corrected chi connectivity index (χ4v) is 2.39. The minimum atomic E-state index is -0.510. The molecule has 1 aromatic heterocycles. The lowest BCUT2D eigenvalue weighted by Crippen LogP contribution is -2.09. The summed E-state index contributed by atoms with van der Waals surface area (Å²) < 4.78 is 11.1. The molecule has 114 valence electrons. The summed E-state index contributed by atoms with van der Waals surface area (Å²) >= 11 is 0. The van der Waals surface area contributed by atoms with Gasteiger partial charge in [-0.1, -0.05) is 30.9 Å². The number of esters is 1. The van der Waals surface area contributed by atoms with Crippen LogP contribution in [0.4, 0.5) is 0 Å². The van der Waals surface area contributed by atoms with Crippen LogP contribution in [0.25, 0.3) is 21.9 Å². The molecule has 3 aromatic rings. The lowest BCUT2D eigenvalue weighted by atomic mass is 10.1. The van der Waals surface area contributed by atoms with Crippen LogP contribution in [0, 0.1) is 11.8 Å². The third kappa shape index (κ3) is 2.69. The molecule has 0 radical (unpaired) electrons. The van der Waals surface area contributed by atoms with Gasteiger partial charge in [0.25, 0.3) is 0 Å². The number of fused-ring (bicyclic) bond motifs is 2. The highest BCUT2D eigenvalue weighted by atomic mass is 16.5.